The number of nitrogens with zero attached hydrogens (tertiary/aromatic N) is 4. The van der Waals surface area contributed by atoms with Crippen LogP contribution in [-0.4, -0.2) is 34.2 Å². The zero-order valence-corrected chi connectivity index (χ0v) is 15.0. The number of guanidine groups is 1. The number of hydrogen-bond donors (Lipinski definition) is 2. The van der Waals surface area contributed by atoms with Gasteiger partial charge in [0.05, 0.1) is 0 Å². The average Bonchev–Trinajstić information content (AvgIpc) is 3.02. The zero-order valence-electron chi connectivity index (χ0n) is 15.0. The van der Waals surface area contributed by atoms with Crippen molar-refractivity contribution in [3.8, 4) is 0 Å². The Kier molecular flexibility index (Phi) is 5.28. The lowest BCUT2D eigenvalue weighted by Crippen LogP contribution is -2.38. The highest BCUT2D eigenvalue weighted by Crippen LogP contribution is 2.10. The van der Waals surface area contributed by atoms with Crippen LogP contribution in [0.5, 0.6) is 0 Å². The number of rotatable bonds is 5. The predicted octanol–water partition coefficient (Wildman–Crippen LogP) is 2.25. The Labute approximate surface area is 148 Å². The molecule has 0 saturated heterocycles. The van der Waals surface area contributed by atoms with E-state index in [-0.39, 0.29) is 0 Å². The highest BCUT2D eigenvalue weighted by atomic mass is 15.2. The van der Waals surface area contributed by atoms with Crippen LogP contribution in [0.1, 0.15) is 22.5 Å². The Bertz CT molecular complexity index is 881. The molecule has 0 fully saturated rings. The van der Waals surface area contributed by atoms with Crippen LogP contribution < -0.4 is 10.6 Å². The van der Waals surface area contributed by atoms with Gasteiger partial charge in [0.1, 0.15) is 5.82 Å². The van der Waals surface area contributed by atoms with E-state index in [2.05, 4.69) is 57.9 Å². The van der Waals surface area contributed by atoms with Crippen molar-refractivity contribution < 1.29 is 0 Å². The van der Waals surface area contributed by atoms with Gasteiger partial charge in [0.15, 0.2) is 11.6 Å². The molecule has 0 aliphatic carbocycles. The molecule has 0 saturated carbocycles. The zero-order chi connectivity index (χ0) is 17.6. The second kappa shape index (κ2) is 7.79. The van der Waals surface area contributed by atoms with Gasteiger partial charge in [-0.3, -0.25) is 9.39 Å². The quantitative estimate of drug-likeness (QED) is 0.554. The molecule has 6 nitrogen and oxygen atoms in total. The van der Waals surface area contributed by atoms with E-state index in [9.17, 15) is 0 Å². The molecule has 25 heavy (non-hydrogen) atoms. The van der Waals surface area contributed by atoms with E-state index in [1.165, 1.54) is 16.7 Å². The Balaban J connectivity index is 1.52. The Morgan fingerprint density at radius 1 is 1.12 bits per heavy atom. The lowest BCUT2D eigenvalue weighted by atomic mass is 10.1. The maximum Gasteiger partial charge on any atom is 0.191 e. The fraction of sp³-hybridized carbons (Fsp3) is 0.316. The first-order chi connectivity index (χ1) is 12.2. The topological polar surface area (TPSA) is 66.6 Å². The molecular weight excluding hydrogens is 312 g/mol. The van der Waals surface area contributed by atoms with Crippen LogP contribution in [-0.2, 0) is 13.0 Å². The first kappa shape index (κ1) is 17.0. The molecule has 130 valence electrons. The molecule has 2 N–H and O–H groups in total. The number of nitrogens with one attached hydrogen (secondary N) is 2. The number of pyridine rings is 1. The summed E-state index contributed by atoms with van der Waals surface area (Å²) >= 11 is 0. The van der Waals surface area contributed by atoms with E-state index in [0.717, 1.165) is 36.9 Å². The highest BCUT2D eigenvalue weighted by molar-refractivity contribution is 5.79. The number of aryl methyl sites for hydroxylation is 2. The summed E-state index contributed by atoms with van der Waals surface area (Å²) in [5.41, 5.74) is 4.72. The molecule has 6 heteroatoms. The monoisotopic (exact) mass is 336 g/mol. The number of benzene rings is 1. The van der Waals surface area contributed by atoms with Gasteiger partial charge < -0.3 is 10.6 Å². The molecule has 0 spiro atoms. The van der Waals surface area contributed by atoms with Gasteiger partial charge in [0, 0.05) is 32.8 Å². The number of fused-ring (bicyclic) bond motifs is 1. The van der Waals surface area contributed by atoms with Crippen LogP contribution in [0.3, 0.4) is 0 Å². The molecule has 0 aliphatic heterocycles. The van der Waals surface area contributed by atoms with Crippen molar-refractivity contribution in [1.82, 2.24) is 25.2 Å². The van der Waals surface area contributed by atoms with Crippen molar-refractivity contribution in [1.29, 1.82) is 0 Å². The number of aliphatic imine (C=N–C) groups is 1. The van der Waals surface area contributed by atoms with Gasteiger partial charge in [-0.15, -0.1) is 10.2 Å². The minimum absolute atomic E-state index is 0.738. The van der Waals surface area contributed by atoms with Crippen molar-refractivity contribution in [2.45, 2.75) is 26.8 Å². The summed E-state index contributed by atoms with van der Waals surface area (Å²) in [7, 11) is 1.78. The maximum atomic E-state index is 4.28. The summed E-state index contributed by atoms with van der Waals surface area (Å²) in [6.07, 6.45) is 2.76. The molecule has 0 bridgehead atoms. The molecule has 0 aliphatic rings. The highest BCUT2D eigenvalue weighted by Gasteiger charge is 2.05. The third-order valence-corrected chi connectivity index (χ3v) is 4.19. The van der Waals surface area contributed by atoms with Crippen molar-refractivity contribution >= 4 is 11.6 Å². The first-order valence-electron chi connectivity index (χ1n) is 8.46. The lowest BCUT2D eigenvalue weighted by molar-refractivity contribution is 0.760. The van der Waals surface area contributed by atoms with Gasteiger partial charge in [-0.05, 0) is 37.1 Å². The fourth-order valence-corrected chi connectivity index (χ4v) is 2.80. The SMILES string of the molecule is CN=C(NCCc1nnc2ccccn12)NCc1ccc(C)cc1C. The lowest BCUT2D eigenvalue weighted by Gasteiger charge is -2.13. The van der Waals surface area contributed by atoms with E-state index in [1.807, 2.05) is 28.8 Å². The summed E-state index contributed by atoms with van der Waals surface area (Å²) in [5, 5.41) is 15.1. The van der Waals surface area contributed by atoms with Gasteiger partial charge in [0.2, 0.25) is 0 Å². The minimum atomic E-state index is 0.738. The molecule has 0 amide bonds. The van der Waals surface area contributed by atoms with Gasteiger partial charge >= 0.3 is 0 Å². The standard InChI is InChI=1S/C19H24N6/c1-14-7-8-16(15(2)12-14)13-22-19(20-3)21-10-9-18-24-23-17-6-4-5-11-25(17)18/h4-8,11-12H,9-10,13H2,1-3H3,(H2,20,21,22). The minimum Gasteiger partial charge on any atom is -0.356 e. The van der Waals surface area contributed by atoms with Gasteiger partial charge in [-0.2, -0.15) is 0 Å². The Hall–Kier alpha value is -2.89. The van der Waals surface area contributed by atoms with Crippen LogP contribution in [0.25, 0.3) is 5.65 Å². The molecule has 3 aromatic rings. The summed E-state index contributed by atoms with van der Waals surface area (Å²) < 4.78 is 2.01. The van der Waals surface area contributed by atoms with Gasteiger partial charge in [-0.1, -0.05) is 29.8 Å². The van der Waals surface area contributed by atoms with E-state index < -0.39 is 0 Å². The van der Waals surface area contributed by atoms with Crippen molar-refractivity contribution in [2.75, 3.05) is 13.6 Å². The summed E-state index contributed by atoms with van der Waals surface area (Å²) in [6, 6.07) is 12.4. The maximum absolute atomic E-state index is 4.28. The molecule has 3 rings (SSSR count). The summed E-state index contributed by atoms with van der Waals surface area (Å²) in [5.74, 6) is 1.72. The normalized spacial score (nSPS) is 11.7. The van der Waals surface area contributed by atoms with Crippen LogP contribution in [0.4, 0.5) is 0 Å². The molecule has 0 atom stereocenters. The van der Waals surface area contributed by atoms with E-state index >= 15 is 0 Å². The first-order valence-corrected chi connectivity index (χ1v) is 8.46. The van der Waals surface area contributed by atoms with E-state index in [1.54, 1.807) is 7.05 Å². The summed E-state index contributed by atoms with van der Waals surface area (Å²) in [6.45, 7) is 5.73. The number of hydrogen-bond acceptors (Lipinski definition) is 3. The van der Waals surface area contributed by atoms with Crippen molar-refractivity contribution in [2.24, 2.45) is 4.99 Å². The molecule has 0 radical (unpaired) electrons. The second-order valence-corrected chi connectivity index (χ2v) is 6.08. The number of aromatic nitrogens is 3. The van der Waals surface area contributed by atoms with E-state index in [0.29, 0.717) is 0 Å². The Morgan fingerprint density at radius 2 is 2.00 bits per heavy atom. The third-order valence-electron chi connectivity index (χ3n) is 4.19. The van der Waals surface area contributed by atoms with Crippen LogP contribution in [0.15, 0.2) is 47.6 Å². The average molecular weight is 336 g/mol. The van der Waals surface area contributed by atoms with Gasteiger partial charge in [0.25, 0.3) is 0 Å². The van der Waals surface area contributed by atoms with Crippen molar-refractivity contribution in [3.63, 3.8) is 0 Å². The van der Waals surface area contributed by atoms with E-state index in [4.69, 9.17) is 0 Å². The second-order valence-electron chi connectivity index (χ2n) is 6.08. The Morgan fingerprint density at radius 3 is 2.80 bits per heavy atom. The molecule has 2 aromatic heterocycles. The van der Waals surface area contributed by atoms with Crippen LogP contribution in [0.2, 0.25) is 0 Å². The fourth-order valence-electron chi connectivity index (χ4n) is 2.80. The third kappa shape index (κ3) is 4.15. The van der Waals surface area contributed by atoms with Gasteiger partial charge in [-0.25, -0.2) is 0 Å². The van der Waals surface area contributed by atoms with Crippen molar-refractivity contribution in [3.05, 3.63) is 65.1 Å². The van der Waals surface area contributed by atoms with Crippen LogP contribution in [0, 0.1) is 13.8 Å². The predicted molar refractivity (Wildman–Crippen MR) is 101 cm³/mol. The summed E-state index contributed by atoms with van der Waals surface area (Å²) in [4.78, 5) is 4.28. The molecule has 2 heterocycles. The smallest absolute Gasteiger partial charge is 0.191 e. The molecule has 1 aromatic carbocycles. The largest absolute Gasteiger partial charge is 0.356 e. The van der Waals surface area contributed by atoms with Crippen LogP contribution >= 0.6 is 0 Å². The molecule has 0 unspecified atom stereocenters. The molecular formula is C19H24N6.